The molecule has 1 rings (SSSR count). The fourth-order valence-corrected chi connectivity index (χ4v) is 1.55. The van der Waals surface area contributed by atoms with Crippen LogP contribution in [-0.4, -0.2) is 33.4 Å². The smallest absolute Gasteiger partial charge is 0.0587 e. The van der Waals surface area contributed by atoms with Crippen LogP contribution < -0.4 is 10.2 Å². The molecule has 1 N–H and O–H groups in total. The molecule has 0 amide bonds. The van der Waals surface area contributed by atoms with Crippen LogP contribution >= 0.6 is 0 Å². The van der Waals surface area contributed by atoms with Crippen molar-refractivity contribution in [3.8, 4) is 0 Å². The molecule has 3 heteroatoms. The van der Waals surface area contributed by atoms with Crippen molar-refractivity contribution < 1.29 is 4.74 Å². The van der Waals surface area contributed by atoms with Gasteiger partial charge in [-0.25, -0.2) is 0 Å². The van der Waals surface area contributed by atoms with E-state index >= 15 is 0 Å². The molecule has 0 aromatic heterocycles. The van der Waals surface area contributed by atoms with Crippen molar-refractivity contribution in [2.24, 2.45) is 0 Å². The summed E-state index contributed by atoms with van der Waals surface area (Å²) in [5, 5.41) is 3.34. The topological polar surface area (TPSA) is 24.5 Å². The second kappa shape index (κ2) is 7.30. The minimum atomic E-state index is 0.528. The van der Waals surface area contributed by atoms with Gasteiger partial charge in [0.2, 0.25) is 0 Å². The fraction of sp³-hybridized carbons (Fsp3) is 0.571. The molecular weight excluding hydrogens is 212 g/mol. The van der Waals surface area contributed by atoms with Gasteiger partial charge < -0.3 is 15.0 Å². The standard InChI is InChI=1S/C14H24N2O/c1-12(2)16(3)14-7-5-13(6-8-14)11-15-9-10-17-4/h5-8,12,15H,9-11H2,1-4H3. The molecule has 0 saturated carbocycles. The Morgan fingerprint density at radius 3 is 2.41 bits per heavy atom. The van der Waals surface area contributed by atoms with Crippen molar-refractivity contribution in [1.29, 1.82) is 0 Å². The van der Waals surface area contributed by atoms with E-state index in [1.54, 1.807) is 7.11 Å². The lowest BCUT2D eigenvalue weighted by Crippen LogP contribution is -2.25. The van der Waals surface area contributed by atoms with Crippen molar-refractivity contribution in [1.82, 2.24) is 5.32 Å². The summed E-state index contributed by atoms with van der Waals surface area (Å²) in [6, 6.07) is 9.23. The lowest BCUT2D eigenvalue weighted by molar-refractivity contribution is 0.199. The van der Waals surface area contributed by atoms with E-state index in [1.165, 1.54) is 11.3 Å². The summed E-state index contributed by atoms with van der Waals surface area (Å²) in [5.41, 5.74) is 2.57. The van der Waals surface area contributed by atoms with E-state index in [1.807, 2.05) is 0 Å². The third-order valence-electron chi connectivity index (χ3n) is 2.93. The van der Waals surface area contributed by atoms with E-state index in [9.17, 15) is 0 Å². The zero-order valence-corrected chi connectivity index (χ0v) is 11.4. The van der Waals surface area contributed by atoms with Gasteiger partial charge in [-0.1, -0.05) is 12.1 Å². The number of methoxy groups -OCH3 is 1. The van der Waals surface area contributed by atoms with E-state index in [4.69, 9.17) is 4.74 Å². The van der Waals surface area contributed by atoms with Gasteiger partial charge in [0.05, 0.1) is 6.61 Å². The molecule has 17 heavy (non-hydrogen) atoms. The number of rotatable bonds is 7. The Morgan fingerprint density at radius 2 is 1.88 bits per heavy atom. The first-order valence-corrected chi connectivity index (χ1v) is 6.16. The minimum absolute atomic E-state index is 0.528. The van der Waals surface area contributed by atoms with E-state index in [2.05, 4.69) is 55.4 Å². The van der Waals surface area contributed by atoms with Gasteiger partial charge in [-0.15, -0.1) is 0 Å². The van der Waals surface area contributed by atoms with Crippen LogP contribution in [0.25, 0.3) is 0 Å². The maximum absolute atomic E-state index is 4.99. The molecule has 0 aliphatic rings. The average Bonchev–Trinajstić information content (AvgIpc) is 2.34. The maximum atomic E-state index is 4.99. The maximum Gasteiger partial charge on any atom is 0.0587 e. The normalized spacial score (nSPS) is 10.9. The number of nitrogens with zero attached hydrogens (tertiary/aromatic N) is 1. The molecule has 3 nitrogen and oxygen atoms in total. The molecule has 1 aromatic rings. The van der Waals surface area contributed by atoms with Gasteiger partial charge in [0, 0.05) is 39.0 Å². The number of hydrogen-bond donors (Lipinski definition) is 1. The molecule has 0 heterocycles. The zero-order chi connectivity index (χ0) is 12.7. The number of ether oxygens (including phenoxy) is 1. The summed E-state index contributed by atoms with van der Waals surface area (Å²) >= 11 is 0. The third-order valence-corrected chi connectivity index (χ3v) is 2.93. The van der Waals surface area contributed by atoms with Crippen LogP contribution in [0.5, 0.6) is 0 Å². The Labute approximate surface area is 105 Å². The van der Waals surface area contributed by atoms with Crippen LogP contribution in [0.4, 0.5) is 5.69 Å². The molecule has 0 bridgehead atoms. The summed E-state index contributed by atoms with van der Waals surface area (Å²) in [4.78, 5) is 2.27. The molecular formula is C14H24N2O. The van der Waals surface area contributed by atoms with Gasteiger partial charge in [0.1, 0.15) is 0 Å². The fourth-order valence-electron chi connectivity index (χ4n) is 1.55. The summed E-state index contributed by atoms with van der Waals surface area (Å²) in [7, 11) is 3.84. The Kier molecular flexibility index (Phi) is 6.01. The summed E-state index contributed by atoms with van der Waals surface area (Å²) < 4.78 is 4.99. The first kappa shape index (κ1) is 14.0. The second-order valence-corrected chi connectivity index (χ2v) is 4.54. The van der Waals surface area contributed by atoms with Crippen LogP contribution in [0.15, 0.2) is 24.3 Å². The van der Waals surface area contributed by atoms with Crippen LogP contribution in [0.2, 0.25) is 0 Å². The first-order chi connectivity index (χ1) is 8.15. The lowest BCUT2D eigenvalue weighted by Gasteiger charge is -2.23. The largest absolute Gasteiger partial charge is 0.383 e. The van der Waals surface area contributed by atoms with Crippen LogP contribution in [0, 0.1) is 0 Å². The molecule has 96 valence electrons. The summed E-state index contributed by atoms with van der Waals surface area (Å²) in [6.07, 6.45) is 0. The van der Waals surface area contributed by atoms with Crippen molar-refractivity contribution >= 4 is 5.69 Å². The van der Waals surface area contributed by atoms with Crippen LogP contribution in [-0.2, 0) is 11.3 Å². The van der Waals surface area contributed by atoms with Crippen LogP contribution in [0.1, 0.15) is 19.4 Å². The zero-order valence-electron chi connectivity index (χ0n) is 11.4. The van der Waals surface area contributed by atoms with Gasteiger partial charge in [-0.3, -0.25) is 0 Å². The van der Waals surface area contributed by atoms with Gasteiger partial charge in [0.15, 0.2) is 0 Å². The average molecular weight is 236 g/mol. The number of hydrogen-bond acceptors (Lipinski definition) is 3. The monoisotopic (exact) mass is 236 g/mol. The van der Waals surface area contributed by atoms with Crippen LogP contribution in [0.3, 0.4) is 0 Å². The van der Waals surface area contributed by atoms with Gasteiger partial charge in [0.25, 0.3) is 0 Å². The predicted octanol–water partition coefficient (Wildman–Crippen LogP) is 2.27. The second-order valence-electron chi connectivity index (χ2n) is 4.54. The Bertz CT molecular complexity index is 309. The van der Waals surface area contributed by atoms with Gasteiger partial charge in [-0.2, -0.15) is 0 Å². The predicted molar refractivity (Wildman–Crippen MR) is 73.6 cm³/mol. The number of anilines is 1. The molecule has 0 atom stereocenters. The highest BCUT2D eigenvalue weighted by atomic mass is 16.5. The lowest BCUT2D eigenvalue weighted by atomic mass is 10.2. The summed E-state index contributed by atoms with van der Waals surface area (Å²) in [5.74, 6) is 0. The molecule has 0 aliphatic carbocycles. The molecule has 1 aromatic carbocycles. The molecule has 0 spiro atoms. The first-order valence-electron chi connectivity index (χ1n) is 6.16. The number of nitrogens with one attached hydrogen (secondary N) is 1. The Balaban J connectivity index is 2.44. The SMILES string of the molecule is COCCNCc1ccc(N(C)C(C)C)cc1. The van der Waals surface area contributed by atoms with Crippen molar-refractivity contribution in [2.45, 2.75) is 26.4 Å². The Morgan fingerprint density at radius 1 is 1.24 bits per heavy atom. The highest BCUT2D eigenvalue weighted by Crippen LogP contribution is 2.15. The van der Waals surface area contributed by atoms with Crippen molar-refractivity contribution in [3.05, 3.63) is 29.8 Å². The minimum Gasteiger partial charge on any atom is -0.383 e. The molecule has 0 unspecified atom stereocenters. The van der Waals surface area contributed by atoms with E-state index in [0.29, 0.717) is 6.04 Å². The quantitative estimate of drug-likeness (QED) is 0.735. The van der Waals surface area contributed by atoms with E-state index in [-0.39, 0.29) is 0 Å². The highest BCUT2D eigenvalue weighted by Gasteiger charge is 2.03. The van der Waals surface area contributed by atoms with Gasteiger partial charge >= 0.3 is 0 Å². The van der Waals surface area contributed by atoms with Crippen molar-refractivity contribution in [3.63, 3.8) is 0 Å². The third kappa shape index (κ3) is 4.75. The highest BCUT2D eigenvalue weighted by molar-refractivity contribution is 5.47. The van der Waals surface area contributed by atoms with E-state index in [0.717, 1.165) is 19.7 Å². The molecule has 0 saturated heterocycles. The number of benzene rings is 1. The van der Waals surface area contributed by atoms with Crippen molar-refractivity contribution in [2.75, 3.05) is 32.2 Å². The molecule has 0 radical (unpaired) electrons. The van der Waals surface area contributed by atoms with E-state index < -0.39 is 0 Å². The molecule has 0 aliphatic heterocycles. The van der Waals surface area contributed by atoms with Gasteiger partial charge in [-0.05, 0) is 31.5 Å². The Hall–Kier alpha value is -1.06. The summed E-state index contributed by atoms with van der Waals surface area (Å²) in [6.45, 7) is 6.94. The molecule has 0 fully saturated rings.